The smallest absolute Gasteiger partial charge is 0.244 e. The number of anilines is 2. The zero-order valence-electron chi connectivity index (χ0n) is 16.5. The predicted molar refractivity (Wildman–Crippen MR) is 108 cm³/mol. The first kappa shape index (κ1) is 19.7. The minimum Gasteiger partial charge on any atom is -0.324 e. The molecule has 2 aromatic carbocycles. The van der Waals surface area contributed by atoms with Crippen LogP contribution in [0, 0.1) is 13.8 Å². The minimum atomic E-state index is -0.211. The molecule has 0 saturated heterocycles. The van der Waals surface area contributed by atoms with Crippen molar-refractivity contribution in [1.82, 2.24) is 0 Å². The van der Waals surface area contributed by atoms with Crippen LogP contribution in [-0.4, -0.2) is 18.4 Å². The van der Waals surface area contributed by atoms with E-state index in [2.05, 4.69) is 26.1 Å². The zero-order valence-corrected chi connectivity index (χ0v) is 16.5. The number of aryl methyl sites for hydroxylation is 2. The third-order valence-electron chi connectivity index (χ3n) is 4.47. The van der Waals surface area contributed by atoms with E-state index in [0.29, 0.717) is 0 Å². The summed E-state index contributed by atoms with van der Waals surface area (Å²) in [6, 6.07) is 13.7. The SMILES string of the molecule is CC(=O)N(CC(=O)Nc1c(C)cccc1C)c1ccc(C(C)(C)C)cc1. The molecule has 0 aliphatic rings. The first-order chi connectivity index (χ1) is 12.1. The lowest BCUT2D eigenvalue weighted by Gasteiger charge is -2.24. The molecule has 0 radical (unpaired) electrons. The van der Waals surface area contributed by atoms with Gasteiger partial charge >= 0.3 is 0 Å². The fraction of sp³-hybridized carbons (Fsp3) is 0.364. The maximum atomic E-state index is 12.5. The lowest BCUT2D eigenvalue weighted by Crippen LogP contribution is -2.37. The van der Waals surface area contributed by atoms with Gasteiger partial charge in [-0.05, 0) is 48.1 Å². The Morgan fingerprint density at radius 1 is 0.962 bits per heavy atom. The molecule has 26 heavy (non-hydrogen) atoms. The molecule has 2 amide bonds. The number of carbonyl (C=O) groups excluding carboxylic acids is 2. The highest BCUT2D eigenvalue weighted by Gasteiger charge is 2.19. The Morgan fingerprint density at radius 3 is 1.96 bits per heavy atom. The molecule has 2 rings (SSSR count). The van der Waals surface area contributed by atoms with Crippen LogP contribution in [0.3, 0.4) is 0 Å². The van der Waals surface area contributed by atoms with Crippen LogP contribution in [0.5, 0.6) is 0 Å². The van der Waals surface area contributed by atoms with E-state index in [1.54, 1.807) is 0 Å². The fourth-order valence-corrected chi connectivity index (χ4v) is 2.86. The van der Waals surface area contributed by atoms with Gasteiger partial charge in [0, 0.05) is 18.3 Å². The molecule has 138 valence electrons. The summed E-state index contributed by atoms with van der Waals surface area (Å²) in [6.45, 7) is 11.8. The molecule has 0 saturated carbocycles. The summed E-state index contributed by atoms with van der Waals surface area (Å²) < 4.78 is 0. The van der Waals surface area contributed by atoms with Crippen molar-refractivity contribution in [2.24, 2.45) is 0 Å². The Labute approximate surface area is 156 Å². The number of nitrogens with one attached hydrogen (secondary N) is 1. The predicted octanol–water partition coefficient (Wildman–Crippen LogP) is 4.59. The third kappa shape index (κ3) is 4.72. The number of rotatable bonds is 4. The quantitative estimate of drug-likeness (QED) is 0.875. The average Bonchev–Trinajstić information content (AvgIpc) is 2.55. The van der Waals surface area contributed by atoms with Crippen LogP contribution >= 0.6 is 0 Å². The maximum Gasteiger partial charge on any atom is 0.244 e. The number of para-hydroxylation sites is 1. The van der Waals surface area contributed by atoms with Crippen molar-refractivity contribution in [3.05, 3.63) is 59.2 Å². The molecule has 0 fully saturated rings. The van der Waals surface area contributed by atoms with Gasteiger partial charge in [0.2, 0.25) is 11.8 Å². The fourth-order valence-electron chi connectivity index (χ4n) is 2.86. The largest absolute Gasteiger partial charge is 0.324 e. The van der Waals surface area contributed by atoms with Gasteiger partial charge in [0.25, 0.3) is 0 Å². The number of benzene rings is 2. The highest BCUT2D eigenvalue weighted by atomic mass is 16.2. The summed E-state index contributed by atoms with van der Waals surface area (Å²) in [5, 5.41) is 2.94. The second-order valence-corrected chi connectivity index (χ2v) is 7.72. The number of carbonyl (C=O) groups is 2. The Kier molecular flexibility index (Phi) is 5.86. The van der Waals surface area contributed by atoms with Crippen molar-refractivity contribution in [3.63, 3.8) is 0 Å². The van der Waals surface area contributed by atoms with Gasteiger partial charge in [-0.25, -0.2) is 0 Å². The van der Waals surface area contributed by atoms with E-state index in [-0.39, 0.29) is 23.8 Å². The Balaban J connectivity index is 2.18. The highest BCUT2D eigenvalue weighted by Crippen LogP contribution is 2.25. The number of hydrogen-bond acceptors (Lipinski definition) is 2. The molecular weight excluding hydrogens is 324 g/mol. The lowest BCUT2D eigenvalue weighted by atomic mass is 9.87. The van der Waals surface area contributed by atoms with E-state index < -0.39 is 0 Å². The second-order valence-electron chi connectivity index (χ2n) is 7.72. The summed E-state index contributed by atoms with van der Waals surface area (Å²) in [4.78, 5) is 26.1. The molecule has 4 heteroatoms. The standard InChI is InChI=1S/C22H28N2O2/c1-15-8-7-9-16(2)21(15)23-20(26)14-24(17(3)25)19-12-10-18(11-13-19)22(4,5)6/h7-13H,14H2,1-6H3,(H,23,26). The topological polar surface area (TPSA) is 49.4 Å². The van der Waals surface area contributed by atoms with E-state index in [0.717, 1.165) is 22.5 Å². The van der Waals surface area contributed by atoms with E-state index in [4.69, 9.17) is 0 Å². The zero-order chi connectivity index (χ0) is 19.5. The van der Waals surface area contributed by atoms with Crippen molar-refractivity contribution in [1.29, 1.82) is 0 Å². The van der Waals surface area contributed by atoms with E-state index in [1.807, 2.05) is 56.3 Å². The van der Waals surface area contributed by atoms with Crippen molar-refractivity contribution in [2.75, 3.05) is 16.8 Å². The molecule has 4 nitrogen and oxygen atoms in total. The Hall–Kier alpha value is -2.62. The van der Waals surface area contributed by atoms with Crippen LogP contribution in [0.25, 0.3) is 0 Å². The number of hydrogen-bond donors (Lipinski definition) is 1. The van der Waals surface area contributed by atoms with Crippen LogP contribution in [0.1, 0.15) is 44.4 Å². The van der Waals surface area contributed by atoms with E-state index in [9.17, 15) is 9.59 Å². The third-order valence-corrected chi connectivity index (χ3v) is 4.47. The van der Waals surface area contributed by atoms with Crippen molar-refractivity contribution in [2.45, 2.75) is 47.0 Å². The van der Waals surface area contributed by atoms with Crippen molar-refractivity contribution < 1.29 is 9.59 Å². The minimum absolute atomic E-state index is 0.0159. The van der Waals surface area contributed by atoms with Crippen LogP contribution < -0.4 is 10.2 Å². The van der Waals surface area contributed by atoms with Gasteiger partial charge in [-0.2, -0.15) is 0 Å². The monoisotopic (exact) mass is 352 g/mol. The summed E-state index contributed by atoms with van der Waals surface area (Å²) in [5.41, 5.74) is 4.76. The van der Waals surface area contributed by atoms with Gasteiger partial charge < -0.3 is 10.2 Å². The number of amides is 2. The summed E-state index contributed by atoms with van der Waals surface area (Å²) in [5.74, 6) is -0.373. The van der Waals surface area contributed by atoms with E-state index >= 15 is 0 Å². The molecule has 0 spiro atoms. The lowest BCUT2D eigenvalue weighted by molar-refractivity contribution is -0.120. The molecule has 1 N–H and O–H groups in total. The molecular formula is C22H28N2O2. The first-order valence-corrected chi connectivity index (χ1v) is 8.84. The summed E-state index contributed by atoms with van der Waals surface area (Å²) in [6.07, 6.45) is 0. The average molecular weight is 352 g/mol. The van der Waals surface area contributed by atoms with Gasteiger partial charge in [0.05, 0.1) is 0 Å². The van der Waals surface area contributed by atoms with Crippen LogP contribution in [0.2, 0.25) is 0 Å². The molecule has 0 bridgehead atoms. The van der Waals surface area contributed by atoms with Gasteiger partial charge in [-0.3, -0.25) is 9.59 Å². The van der Waals surface area contributed by atoms with Crippen LogP contribution in [0.4, 0.5) is 11.4 Å². The summed E-state index contributed by atoms with van der Waals surface area (Å²) in [7, 11) is 0. The second kappa shape index (κ2) is 7.73. The molecule has 0 aliphatic carbocycles. The summed E-state index contributed by atoms with van der Waals surface area (Å²) >= 11 is 0. The molecule has 0 unspecified atom stereocenters. The Bertz CT molecular complexity index is 782. The van der Waals surface area contributed by atoms with Crippen molar-refractivity contribution in [3.8, 4) is 0 Å². The van der Waals surface area contributed by atoms with Gasteiger partial charge in [-0.15, -0.1) is 0 Å². The van der Waals surface area contributed by atoms with Crippen LogP contribution in [0.15, 0.2) is 42.5 Å². The number of nitrogens with zero attached hydrogens (tertiary/aromatic N) is 1. The highest BCUT2D eigenvalue weighted by molar-refractivity contribution is 6.02. The van der Waals surface area contributed by atoms with Gasteiger partial charge in [-0.1, -0.05) is 51.1 Å². The molecule has 2 aromatic rings. The van der Waals surface area contributed by atoms with Crippen LogP contribution in [-0.2, 0) is 15.0 Å². The molecule has 0 aromatic heterocycles. The maximum absolute atomic E-state index is 12.5. The first-order valence-electron chi connectivity index (χ1n) is 8.84. The molecule has 0 heterocycles. The normalized spacial score (nSPS) is 11.2. The Morgan fingerprint density at radius 2 is 1.50 bits per heavy atom. The van der Waals surface area contributed by atoms with Crippen molar-refractivity contribution >= 4 is 23.2 Å². The van der Waals surface area contributed by atoms with E-state index in [1.165, 1.54) is 17.4 Å². The van der Waals surface area contributed by atoms with Gasteiger partial charge in [0.15, 0.2) is 0 Å². The molecule has 0 atom stereocenters. The molecule has 0 aliphatic heterocycles. The van der Waals surface area contributed by atoms with Gasteiger partial charge in [0.1, 0.15) is 6.54 Å².